The molecule has 1 aliphatic rings. The predicted molar refractivity (Wildman–Crippen MR) is 70.6 cm³/mol. The number of fused-ring (bicyclic) bond motifs is 1. The first-order valence-corrected chi connectivity index (χ1v) is 6.20. The van der Waals surface area contributed by atoms with Gasteiger partial charge in [-0.15, -0.1) is 6.42 Å². The largest absolute Gasteiger partial charge is 0.452 e. The second kappa shape index (κ2) is 6.05. The molecule has 98 valence electrons. The average molecular weight is 257 g/mol. The van der Waals surface area contributed by atoms with Crippen LogP contribution in [0.2, 0.25) is 0 Å². The quantitative estimate of drug-likeness (QED) is 0.648. The third kappa shape index (κ3) is 3.35. The summed E-state index contributed by atoms with van der Waals surface area (Å²) in [4.78, 5) is 23.0. The zero-order valence-electron chi connectivity index (χ0n) is 10.6. The number of carbonyl (C=O) groups is 2. The first-order chi connectivity index (χ1) is 9.20. The number of hydrogen-bond acceptors (Lipinski definition) is 3. The average Bonchev–Trinajstić information content (AvgIpc) is 2.89. The van der Waals surface area contributed by atoms with E-state index in [1.807, 2.05) is 12.1 Å². The SMILES string of the molecule is C#CCNC(=O)COC(=O)c1ccc2c(c1)CCC2. The van der Waals surface area contributed by atoms with Gasteiger partial charge in [-0.3, -0.25) is 4.79 Å². The lowest BCUT2D eigenvalue weighted by molar-refractivity contribution is -0.123. The third-order valence-corrected chi connectivity index (χ3v) is 3.06. The number of aryl methyl sites for hydroxylation is 2. The number of benzene rings is 1. The molecule has 2 rings (SSSR count). The second-order valence-electron chi connectivity index (χ2n) is 4.39. The van der Waals surface area contributed by atoms with Gasteiger partial charge in [-0.2, -0.15) is 0 Å². The van der Waals surface area contributed by atoms with Crippen LogP contribution in [0.5, 0.6) is 0 Å². The molecule has 0 atom stereocenters. The Kier molecular flexibility index (Phi) is 4.19. The van der Waals surface area contributed by atoms with Crippen LogP contribution in [0.3, 0.4) is 0 Å². The maximum atomic E-state index is 11.8. The minimum Gasteiger partial charge on any atom is -0.452 e. The van der Waals surface area contributed by atoms with E-state index in [4.69, 9.17) is 11.2 Å². The number of hydrogen-bond donors (Lipinski definition) is 1. The fourth-order valence-corrected chi connectivity index (χ4v) is 2.11. The van der Waals surface area contributed by atoms with Crippen LogP contribution < -0.4 is 5.32 Å². The number of esters is 1. The Balaban J connectivity index is 1.90. The van der Waals surface area contributed by atoms with Gasteiger partial charge in [0.1, 0.15) is 0 Å². The van der Waals surface area contributed by atoms with E-state index in [1.54, 1.807) is 6.07 Å². The van der Waals surface area contributed by atoms with E-state index in [2.05, 4.69) is 11.2 Å². The van der Waals surface area contributed by atoms with Crippen molar-refractivity contribution < 1.29 is 14.3 Å². The van der Waals surface area contributed by atoms with Crippen LogP contribution in [0, 0.1) is 12.3 Å². The first kappa shape index (κ1) is 13.2. The summed E-state index contributed by atoms with van der Waals surface area (Å²) >= 11 is 0. The van der Waals surface area contributed by atoms with E-state index in [0.29, 0.717) is 5.56 Å². The molecule has 1 aromatic rings. The van der Waals surface area contributed by atoms with Gasteiger partial charge in [-0.1, -0.05) is 12.0 Å². The number of amides is 1. The molecule has 0 saturated heterocycles. The summed E-state index contributed by atoms with van der Waals surface area (Å²) in [6.07, 6.45) is 8.20. The van der Waals surface area contributed by atoms with Gasteiger partial charge < -0.3 is 10.1 Å². The van der Waals surface area contributed by atoms with Crippen LogP contribution in [-0.2, 0) is 22.4 Å². The molecule has 1 aromatic carbocycles. The Morgan fingerprint density at radius 3 is 2.89 bits per heavy atom. The van der Waals surface area contributed by atoms with Crippen LogP contribution in [0.1, 0.15) is 27.9 Å². The molecule has 0 aliphatic heterocycles. The summed E-state index contributed by atoms with van der Waals surface area (Å²) in [5.41, 5.74) is 2.99. The molecule has 0 saturated carbocycles. The lowest BCUT2D eigenvalue weighted by Crippen LogP contribution is -2.29. The first-order valence-electron chi connectivity index (χ1n) is 6.20. The monoisotopic (exact) mass is 257 g/mol. The summed E-state index contributed by atoms with van der Waals surface area (Å²) < 4.78 is 4.93. The zero-order chi connectivity index (χ0) is 13.7. The molecule has 19 heavy (non-hydrogen) atoms. The number of rotatable bonds is 4. The summed E-state index contributed by atoms with van der Waals surface area (Å²) in [6, 6.07) is 5.55. The van der Waals surface area contributed by atoms with Crippen molar-refractivity contribution in [1.29, 1.82) is 0 Å². The van der Waals surface area contributed by atoms with Crippen molar-refractivity contribution in [2.24, 2.45) is 0 Å². The summed E-state index contributed by atoms with van der Waals surface area (Å²) in [7, 11) is 0. The fraction of sp³-hybridized carbons (Fsp3) is 0.333. The molecule has 0 bridgehead atoms. The lowest BCUT2D eigenvalue weighted by atomic mass is 10.1. The molecule has 1 aliphatic carbocycles. The van der Waals surface area contributed by atoms with E-state index in [0.717, 1.165) is 19.3 Å². The highest BCUT2D eigenvalue weighted by Crippen LogP contribution is 2.23. The molecular formula is C15H15NO3. The predicted octanol–water partition coefficient (Wildman–Crippen LogP) is 1.08. The maximum absolute atomic E-state index is 11.8. The highest BCUT2D eigenvalue weighted by molar-refractivity contribution is 5.91. The van der Waals surface area contributed by atoms with Gasteiger partial charge in [-0.25, -0.2) is 4.79 Å². The molecule has 0 fully saturated rings. The number of terminal acetylenes is 1. The topological polar surface area (TPSA) is 55.4 Å². The van der Waals surface area contributed by atoms with Gasteiger partial charge >= 0.3 is 5.97 Å². The molecule has 1 N–H and O–H groups in total. The van der Waals surface area contributed by atoms with Crippen LogP contribution in [-0.4, -0.2) is 25.0 Å². The molecular weight excluding hydrogens is 242 g/mol. The highest BCUT2D eigenvalue weighted by Gasteiger charge is 2.15. The fourth-order valence-electron chi connectivity index (χ4n) is 2.11. The Morgan fingerprint density at radius 1 is 1.32 bits per heavy atom. The van der Waals surface area contributed by atoms with Gasteiger partial charge in [0.25, 0.3) is 5.91 Å². The standard InChI is InChI=1S/C15H15NO3/c1-2-8-16-14(17)10-19-15(18)13-7-6-11-4-3-5-12(11)9-13/h1,6-7,9H,3-5,8,10H2,(H,16,17). The van der Waals surface area contributed by atoms with Crippen molar-refractivity contribution in [3.8, 4) is 12.3 Å². The van der Waals surface area contributed by atoms with Gasteiger partial charge in [0.2, 0.25) is 0 Å². The Bertz CT molecular complexity index is 543. The summed E-state index contributed by atoms with van der Waals surface area (Å²) in [5, 5.41) is 2.43. The van der Waals surface area contributed by atoms with Gasteiger partial charge in [0.05, 0.1) is 12.1 Å². The number of nitrogens with one attached hydrogen (secondary N) is 1. The smallest absolute Gasteiger partial charge is 0.338 e. The molecule has 0 radical (unpaired) electrons. The molecule has 0 spiro atoms. The third-order valence-electron chi connectivity index (χ3n) is 3.06. The molecule has 1 amide bonds. The van der Waals surface area contributed by atoms with Crippen molar-refractivity contribution in [3.63, 3.8) is 0 Å². The molecule has 0 unspecified atom stereocenters. The molecule has 0 aromatic heterocycles. The van der Waals surface area contributed by atoms with Crippen LogP contribution in [0.25, 0.3) is 0 Å². The molecule has 0 heterocycles. The Labute approximate surface area is 112 Å². The summed E-state index contributed by atoms with van der Waals surface area (Å²) in [6.45, 7) is -0.174. The second-order valence-corrected chi connectivity index (χ2v) is 4.39. The van der Waals surface area contributed by atoms with E-state index in [1.165, 1.54) is 11.1 Å². The van der Waals surface area contributed by atoms with Gasteiger partial charge in [-0.05, 0) is 42.5 Å². The minimum atomic E-state index is -0.481. The van der Waals surface area contributed by atoms with E-state index >= 15 is 0 Å². The lowest BCUT2D eigenvalue weighted by Gasteiger charge is -2.06. The Hall–Kier alpha value is -2.28. The maximum Gasteiger partial charge on any atom is 0.338 e. The van der Waals surface area contributed by atoms with Crippen LogP contribution in [0.4, 0.5) is 0 Å². The number of ether oxygens (including phenoxy) is 1. The zero-order valence-corrected chi connectivity index (χ0v) is 10.6. The van der Waals surface area contributed by atoms with Gasteiger partial charge in [0.15, 0.2) is 6.61 Å². The van der Waals surface area contributed by atoms with Crippen molar-refractivity contribution in [3.05, 3.63) is 34.9 Å². The van der Waals surface area contributed by atoms with Crippen LogP contribution >= 0.6 is 0 Å². The van der Waals surface area contributed by atoms with E-state index in [9.17, 15) is 9.59 Å². The van der Waals surface area contributed by atoms with Crippen molar-refractivity contribution >= 4 is 11.9 Å². The van der Waals surface area contributed by atoms with Crippen molar-refractivity contribution in [2.45, 2.75) is 19.3 Å². The summed E-state index contributed by atoms with van der Waals surface area (Å²) in [5.74, 6) is 1.40. The van der Waals surface area contributed by atoms with Crippen molar-refractivity contribution in [2.75, 3.05) is 13.2 Å². The van der Waals surface area contributed by atoms with E-state index < -0.39 is 11.9 Å². The number of carbonyl (C=O) groups excluding carboxylic acids is 2. The van der Waals surface area contributed by atoms with E-state index in [-0.39, 0.29) is 13.2 Å². The molecule has 4 nitrogen and oxygen atoms in total. The van der Waals surface area contributed by atoms with Gasteiger partial charge in [0, 0.05) is 0 Å². The highest BCUT2D eigenvalue weighted by atomic mass is 16.5. The van der Waals surface area contributed by atoms with Crippen molar-refractivity contribution in [1.82, 2.24) is 5.32 Å². The minimum absolute atomic E-state index is 0.134. The normalized spacial score (nSPS) is 12.4. The Morgan fingerprint density at radius 2 is 2.11 bits per heavy atom. The van der Waals surface area contributed by atoms with Crippen LogP contribution in [0.15, 0.2) is 18.2 Å². The molecule has 4 heteroatoms.